The number of nitrogens with one attached hydrogen (secondary N) is 1. The highest BCUT2D eigenvalue weighted by Crippen LogP contribution is 2.51. The first-order valence-electron chi connectivity index (χ1n) is 8.10. The summed E-state index contributed by atoms with van der Waals surface area (Å²) < 4.78 is 2.04. The lowest BCUT2D eigenvalue weighted by Gasteiger charge is -2.38. The van der Waals surface area contributed by atoms with E-state index in [2.05, 4.69) is 37.5 Å². The zero-order chi connectivity index (χ0) is 14.6. The van der Waals surface area contributed by atoms with Gasteiger partial charge in [0.1, 0.15) is 0 Å². The maximum absolute atomic E-state index is 5.94. The van der Waals surface area contributed by atoms with Crippen LogP contribution in [0.5, 0.6) is 0 Å². The van der Waals surface area contributed by atoms with E-state index >= 15 is 0 Å². The van der Waals surface area contributed by atoms with Gasteiger partial charge in [0.15, 0.2) is 0 Å². The van der Waals surface area contributed by atoms with Crippen molar-refractivity contribution in [1.29, 1.82) is 0 Å². The monoisotopic (exact) mass is 278 g/mol. The van der Waals surface area contributed by atoms with Crippen molar-refractivity contribution in [1.82, 2.24) is 15.2 Å². The van der Waals surface area contributed by atoms with Gasteiger partial charge < -0.3 is 0 Å². The van der Waals surface area contributed by atoms with E-state index < -0.39 is 0 Å². The molecular weight excluding hydrogens is 248 g/mol. The van der Waals surface area contributed by atoms with Crippen molar-refractivity contribution in [2.45, 2.75) is 71.9 Å². The highest BCUT2D eigenvalue weighted by molar-refractivity contribution is 5.16. The highest BCUT2D eigenvalue weighted by atomic mass is 15.3. The van der Waals surface area contributed by atoms with Gasteiger partial charge >= 0.3 is 0 Å². The molecule has 0 aromatic carbocycles. The molecule has 1 heterocycles. The van der Waals surface area contributed by atoms with Crippen LogP contribution >= 0.6 is 0 Å². The van der Waals surface area contributed by atoms with Gasteiger partial charge in [0.05, 0.1) is 12.2 Å². The average Bonchev–Trinajstić information content (AvgIpc) is 3.01. The lowest BCUT2D eigenvalue weighted by Crippen LogP contribution is -2.41. The van der Waals surface area contributed by atoms with Crippen LogP contribution in [0.3, 0.4) is 0 Å². The summed E-state index contributed by atoms with van der Waals surface area (Å²) in [5, 5.41) is 4.48. The quantitative estimate of drug-likeness (QED) is 0.593. The zero-order valence-corrected chi connectivity index (χ0v) is 13.2. The van der Waals surface area contributed by atoms with E-state index in [1.54, 1.807) is 0 Å². The Hall–Kier alpha value is -0.870. The Morgan fingerprint density at radius 3 is 2.65 bits per heavy atom. The number of nitrogens with zero attached hydrogens (tertiary/aromatic N) is 2. The first kappa shape index (κ1) is 15.5. The Kier molecular flexibility index (Phi) is 5.22. The molecule has 1 unspecified atom stereocenters. The van der Waals surface area contributed by atoms with Gasteiger partial charge in [-0.2, -0.15) is 5.10 Å². The van der Waals surface area contributed by atoms with Gasteiger partial charge in [0.25, 0.3) is 0 Å². The number of aryl methyl sites for hydroxylation is 1. The smallest absolute Gasteiger partial charge is 0.0547 e. The number of nitrogens with two attached hydrogens (primary N) is 1. The second kappa shape index (κ2) is 6.72. The van der Waals surface area contributed by atoms with Crippen molar-refractivity contribution in [3.63, 3.8) is 0 Å². The molecule has 114 valence electrons. The summed E-state index contributed by atoms with van der Waals surface area (Å²) in [7, 11) is 0. The Labute approximate surface area is 123 Å². The van der Waals surface area contributed by atoms with E-state index in [4.69, 9.17) is 5.84 Å². The lowest BCUT2D eigenvalue weighted by molar-refractivity contribution is 0.156. The minimum absolute atomic E-state index is 0.234. The average molecular weight is 278 g/mol. The molecule has 0 radical (unpaired) electrons. The van der Waals surface area contributed by atoms with Gasteiger partial charge in [-0.05, 0) is 37.0 Å². The van der Waals surface area contributed by atoms with Gasteiger partial charge in [-0.15, -0.1) is 0 Å². The minimum atomic E-state index is 0.234. The third-order valence-electron chi connectivity index (χ3n) is 4.63. The molecule has 1 aromatic heterocycles. The van der Waals surface area contributed by atoms with Gasteiger partial charge in [-0.3, -0.25) is 16.0 Å². The standard InChI is InChI=1S/C16H30N4/c1-4-9-20-12-14(11-18-20)15(19-17)16(10-13(2)3)7-5-6-8-16/h11-13,15,19H,4-10,17H2,1-3H3. The molecule has 3 N–H and O–H groups in total. The van der Waals surface area contributed by atoms with Crippen LogP contribution in [0.15, 0.2) is 12.4 Å². The minimum Gasteiger partial charge on any atom is -0.272 e. The van der Waals surface area contributed by atoms with E-state index in [0.717, 1.165) is 13.0 Å². The predicted molar refractivity (Wildman–Crippen MR) is 82.9 cm³/mol. The van der Waals surface area contributed by atoms with Gasteiger partial charge in [-0.25, -0.2) is 0 Å². The summed E-state index contributed by atoms with van der Waals surface area (Å²) >= 11 is 0. The Balaban J connectivity index is 2.23. The molecule has 1 aliphatic rings. The van der Waals surface area contributed by atoms with Crippen LogP contribution in [0.25, 0.3) is 0 Å². The van der Waals surface area contributed by atoms with Crippen molar-refractivity contribution in [2.75, 3.05) is 0 Å². The molecule has 1 aromatic rings. The van der Waals surface area contributed by atoms with Crippen LogP contribution < -0.4 is 11.3 Å². The molecule has 0 bridgehead atoms. The second-order valence-electron chi connectivity index (χ2n) is 6.80. The van der Waals surface area contributed by atoms with Crippen LogP contribution in [0, 0.1) is 11.3 Å². The van der Waals surface area contributed by atoms with Gasteiger partial charge in [0, 0.05) is 18.3 Å². The maximum atomic E-state index is 5.94. The molecule has 0 spiro atoms. The largest absolute Gasteiger partial charge is 0.272 e. The first-order chi connectivity index (χ1) is 9.61. The summed E-state index contributed by atoms with van der Waals surface area (Å²) in [4.78, 5) is 0. The fourth-order valence-electron chi connectivity index (χ4n) is 4.01. The van der Waals surface area contributed by atoms with Crippen molar-refractivity contribution in [3.05, 3.63) is 18.0 Å². The number of aromatic nitrogens is 2. The zero-order valence-electron chi connectivity index (χ0n) is 13.2. The van der Waals surface area contributed by atoms with Crippen molar-refractivity contribution in [2.24, 2.45) is 17.2 Å². The second-order valence-corrected chi connectivity index (χ2v) is 6.80. The Morgan fingerprint density at radius 2 is 2.10 bits per heavy atom. The van der Waals surface area contributed by atoms with E-state index in [9.17, 15) is 0 Å². The summed E-state index contributed by atoms with van der Waals surface area (Å²) in [6.07, 6.45) is 11.7. The van der Waals surface area contributed by atoms with Crippen molar-refractivity contribution in [3.8, 4) is 0 Å². The van der Waals surface area contributed by atoms with Gasteiger partial charge in [-0.1, -0.05) is 33.6 Å². The van der Waals surface area contributed by atoms with E-state index in [-0.39, 0.29) is 6.04 Å². The lowest BCUT2D eigenvalue weighted by atomic mass is 9.71. The van der Waals surface area contributed by atoms with Crippen LogP contribution in [0.2, 0.25) is 0 Å². The third kappa shape index (κ3) is 3.23. The highest BCUT2D eigenvalue weighted by Gasteiger charge is 2.42. The fraction of sp³-hybridized carbons (Fsp3) is 0.812. The SMILES string of the molecule is CCCn1cc(C(NN)C2(CC(C)C)CCCC2)cn1. The fourth-order valence-corrected chi connectivity index (χ4v) is 4.01. The van der Waals surface area contributed by atoms with Crippen molar-refractivity contribution < 1.29 is 0 Å². The Bertz CT molecular complexity index is 404. The normalized spacial score (nSPS) is 19.6. The molecule has 4 nitrogen and oxygen atoms in total. The van der Waals surface area contributed by atoms with Crippen LogP contribution in [-0.2, 0) is 6.54 Å². The Morgan fingerprint density at radius 1 is 1.40 bits per heavy atom. The molecule has 1 aliphatic carbocycles. The van der Waals surface area contributed by atoms with Crippen LogP contribution in [0.1, 0.15) is 70.9 Å². The molecule has 1 fully saturated rings. The summed E-state index contributed by atoms with van der Waals surface area (Å²) in [5.41, 5.74) is 4.67. The molecule has 2 rings (SSSR count). The van der Waals surface area contributed by atoms with E-state index in [0.29, 0.717) is 11.3 Å². The van der Waals surface area contributed by atoms with Crippen LogP contribution in [-0.4, -0.2) is 9.78 Å². The van der Waals surface area contributed by atoms with E-state index in [1.165, 1.54) is 37.7 Å². The number of hydrogen-bond acceptors (Lipinski definition) is 3. The van der Waals surface area contributed by atoms with Gasteiger partial charge in [0.2, 0.25) is 0 Å². The number of hydrogen-bond donors (Lipinski definition) is 2. The predicted octanol–water partition coefficient (Wildman–Crippen LogP) is 3.40. The maximum Gasteiger partial charge on any atom is 0.0547 e. The molecule has 4 heteroatoms. The summed E-state index contributed by atoms with van der Waals surface area (Å²) in [5.74, 6) is 6.65. The molecule has 20 heavy (non-hydrogen) atoms. The number of hydrazine groups is 1. The first-order valence-corrected chi connectivity index (χ1v) is 8.10. The molecule has 1 atom stereocenters. The molecule has 0 aliphatic heterocycles. The third-order valence-corrected chi connectivity index (χ3v) is 4.63. The van der Waals surface area contributed by atoms with Crippen molar-refractivity contribution >= 4 is 0 Å². The van der Waals surface area contributed by atoms with E-state index in [1.807, 2.05) is 10.9 Å². The number of rotatable bonds is 7. The molecule has 1 saturated carbocycles. The molecule has 0 amide bonds. The molecule has 0 saturated heterocycles. The topological polar surface area (TPSA) is 55.9 Å². The summed E-state index contributed by atoms with van der Waals surface area (Å²) in [6.45, 7) is 7.79. The summed E-state index contributed by atoms with van der Waals surface area (Å²) in [6, 6.07) is 0.234. The van der Waals surface area contributed by atoms with Crippen LogP contribution in [0.4, 0.5) is 0 Å². The molecular formula is C16H30N4.